The third-order valence-corrected chi connectivity index (χ3v) is 9.75. The van der Waals surface area contributed by atoms with Gasteiger partial charge in [0.15, 0.2) is 0 Å². The van der Waals surface area contributed by atoms with Gasteiger partial charge in [0.2, 0.25) is 19.7 Å². The highest BCUT2D eigenvalue weighted by Gasteiger charge is 2.18. The van der Waals surface area contributed by atoms with E-state index in [1.807, 2.05) is 24.3 Å². The lowest BCUT2D eigenvalue weighted by atomic mass is 10.1. The van der Waals surface area contributed by atoms with Crippen LogP contribution in [0.5, 0.6) is 11.5 Å². The Morgan fingerprint density at radius 2 is 0.750 bits per heavy atom. The van der Waals surface area contributed by atoms with Gasteiger partial charge >= 0.3 is 0 Å². The van der Waals surface area contributed by atoms with Gasteiger partial charge in [-0.25, -0.2) is 16.8 Å². The van der Waals surface area contributed by atoms with Gasteiger partial charge in [-0.1, -0.05) is 54.6 Å². The Morgan fingerprint density at radius 3 is 1.12 bits per heavy atom. The van der Waals surface area contributed by atoms with Crippen molar-refractivity contribution in [2.45, 2.75) is 32.8 Å². The first-order valence-corrected chi connectivity index (χ1v) is 15.4. The SMILES string of the molecule is O=S(=O)(c1ccccc1)c1ccc(OCc2cccc(COc3ccc(S(=O)(=O)c4ccccc4)cc3)c2)cc1. The summed E-state index contributed by atoms with van der Waals surface area (Å²) in [6, 6.07) is 37.1. The lowest BCUT2D eigenvalue weighted by molar-refractivity contribution is 0.299. The molecule has 0 heterocycles. The first kappa shape index (κ1) is 27.2. The highest BCUT2D eigenvalue weighted by Crippen LogP contribution is 2.25. The molecule has 0 saturated heterocycles. The van der Waals surface area contributed by atoms with Crippen LogP contribution in [0.2, 0.25) is 0 Å². The Morgan fingerprint density at radius 1 is 0.400 bits per heavy atom. The highest BCUT2D eigenvalue weighted by atomic mass is 32.2. The van der Waals surface area contributed by atoms with E-state index in [-0.39, 0.29) is 19.6 Å². The van der Waals surface area contributed by atoms with E-state index >= 15 is 0 Å². The maximum absolute atomic E-state index is 12.8. The lowest BCUT2D eigenvalue weighted by Crippen LogP contribution is -2.03. The van der Waals surface area contributed by atoms with Gasteiger partial charge in [0.1, 0.15) is 24.7 Å². The number of rotatable bonds is 10. The van der Waals surface area contributed by atoms with Crippen LogP contribution in [0.1, 0.15) is 11.1 Å². The molecule has 0 radical (unpaired) electrons. The summed E-state index contributed by atoms with van der Waals surface area (Å²) in [5, 5.41) is 0. The number of benzene rings is 5. The quantitative estimate of drug-likeness (QED) is 0.190. The Kier molecular flexibility index (Phi) is 8.00. The molecule has 8 heteroatoms. The fraction of sp³-hybridized carbons (Fsp3) is 0.0625. The minimum absolute atomic E-state index is 0.205. The largest absolute Gasteiger partial charge is 0.489 e. The first-order chi connectivity index (χ1) is 19.3. The van der Waals surface area contributed by atoms with E-state index in [0.717, 1.165) is 11.1 Å². The average molecular weight is 571 g/mol. The van der Waals surface area contributed by atoms with Gasteiger partial charge in [-0.3, -0.25) is 0 Å². The van der Waals surface area contributed by atoms with Crippen LogP contribution >= 0.6 is 0 Å². The third-order valence-electron chi connectivity index (χ3n) is 6.18. The molecule has 0 fully saturated rings. The topological polar surface area (TPSA) is 86.7 Å². The van der Waals surface area contributed by atoms with Crippen molar-refractivity contribution >= 4 is 19.7 Å². The zero-order valence-electron chi connectivity index (χ0n) is 21.4. The van der Waals surface area contributed by atoms with Crippen LogP contribution in [0.4, 0.5) is 0 Å². The van der Waals surface area contributed by atoms with E-state index in [1.165, 1.54) is 24.3 Å². The Balaban J connectivity index is 1.17. The van der Waals surface area contributed by atoms with Crippen molar-refractivity contribution in [2.75, 3.05) is 0 Å². The third kappa shape index (κ3) is 6.25. The molecule has 6 nitrogen and oxygen atoms in total. The van der Waals surface area contributed by atoms with Gasteiger partial charge in [0.25, 0.3) is 0 Å². The standard InChI is InChI=1S/C32H26O6S2/c33-39(34,29-10-3-1-4-11-29)31-18-14-27(15-19-31)37-23-25-8-7-9-26(22-25)24-38-28-16-20-32(21-17-28)40(35,36)30-12-5-2-6-13-30/h1-22H,23-24H2. The molecule has 202 valence electrons. The molecular formula is C32H26O6S2. The summed E-state index contributed by atoms with van der Waals surface area (Å²) in [5.74, 6) is 1.11. The first-order valence-electron chi connectivity index (χ1n) is 12.5. The van der Waals surface area contributed by atoms with Crippen molar-refractivity contribution < 1.29 is 26.3 Å². The summed E-state index contributed by atoms with van der Waals surface area (Å²) in [5.41, 5.74) is 1.85. The van der Waals surface area contributed by atoms with Crippen molar-refractivity contribution in [1.82, 2.24) is 0 Å². The molecule has 5 rings (SSSR count). The van der Waals surface area contributed by atoms with Gasteiger partial charge in [0, 0.05) is 0 Å². The minimum Gasteiger partial charge on any atom is -0.489 e. The minimum atomic E-state index is -3.58. The molecule has 5 aromatic rings. The Labute approximate surface area is 234 Å². The summed E-state index contributed by atoms with van der Waals surface area (Å²) in [6.07, 6.45) is 0. The van der Waals surface area contributed by atoms with Crippen molar-refractivity contribution in [2.24, 2.45) is 0 Å². The maximum atomic E-state index is 12.8. The molecule has 0 saturated carbocycles. The van der Waals surface area contributed by atoms with Crippen molar-refractivity contribution in [3.63, 3.8) is 0 Å². The van der Waals surface area contributed by atoms with Gasteiger partial charge in [-0.15, -0.1) is 0 Å². The second-order valence-corrected chi connectivity index (χ2v) is 12.9. The summed E-state index contributed by atoms with van der Waals surface area (Å²) in [7, 11) is -7.16. The second-order valence-electron chi connectivity index (χ2n) is 8.97. The van der Waals surface area contributed by atoms with Gasteiger partial charge < -0.3 is 9.47 Å². The monoisotopic (exact) mass is 570 g/mol. The molecule has 0 amide bonds. The lowest BCUT2D eigenvalue weighted by Gasteiger charge is -2.11. The van der Waals surface area contributed by atoms with Crippen LogP contribution in [-0.2, 0) is 32.9 Å². The van der Waals surface area contributed by atoms with Gasteiger partial charge in [-0.2, -0.15) is 0 Å². The van der Waals surface area contributed by atoms with Crippen molar-refractivity contribution in [3.8, 4) is 11.5 Å². The van der Waals surface area contributed by atoms with E-state index in [9.17, 15) is 16.8 Å². The zero-order valence-corrected chi connectivity index (χ0v) is 23.0. The van der Waals surface area contributed by atoms with E-state index in [4.69, 9.17) is 9.47 Å². The fourth-order valence-electron chi connectivity index (χ4n) is 4.04. The fourth-order valence-corrected chi connectivity index (χ4v) is 6.61. The van der Waals surface area contributed by atoms with Crippen LogP contribution in [-0.4, -0.2) is 16.8 Å². The second kappa shape index (κ2) is 11.8. The Bertz CT molecular complexity index is 1650. The molecule has 0 aliphatic heterocycles. The average Bonchev–Trinajstić information content (AvgIpc) is 3.00. The molecule has 40 heavy (non-hydrogen) atoms. The smallest absolute Gasteiger partial charge is 0.206 e. The number of sulfone groups is 2. The molecule has 0 unspecified atom stereocenters. The summed E-state index contributed by atoms with van der Waals surface area (Å²) >= 11 is 0. The molecule has 0 aromatic heterocycles. The molecule has 0 N–H and O–H groups in total. The van der Waals surface area contributed by atoms with E-state index in [1.54, 1.807) is 84.9 Å². The van der Waals surface area contributed by atoms with E-state index in [2.05, 4.69) is 0 Å². The van der Waals surface area contributed by atoms with Gasteiger partial charge in [-0.05, 0) is 90.0 Å². The van der Waals surface area contributed by atoms with Crippen LogP contribution in [0, 0.1) is 0 Å². The normalized spacial score (nSPS) is 11.6. The van der Waals surface area contributed by atoms with Crippen molar-refractivity contribution in [3.05, 3.63) is 145 Å². The van der Waals surface area contributed by atoms with Crippen LogP contribution in [0.15, 0.2) is 153 Å². The van der Waals surface area contributed by atoms with Crippen molar-refractivity contribution in [1.29, 1.82) is 0 Å². The van der Waals surface area contributed by atoms with Crippen LogP contribution < -0.4 is 9.47 Å². The molecule has 5 aromatic carbocycles. The zero-order chi connectivity index (χ0) is 28.0. The molecule has 0 spiro atoms. The highest BCUT2D eigenvalue weighted by molar-refractivity contribution is 7.91. The molecule has 0 atom stereocenters. The predicted molar refractivity (Wildman–Crippen MR) is 152 cm³/mol. The Hall–Kier alpha value is -4.40. The van der Waals surface area contributed by atoms with Gasteiger partial charge in [0.05, 0.1) is 19.6 Å². The van der Waals surface area contributed by atoms with E-state index in [0.29, 0.717) is 24.7 Å². The summed E-state index contributed by atoms with van der Waals surface area (Å²) in [6.45, 7) is 0.593. The van der Waals surface area contributed by atoms with Crippen LogP contribution in [0.3, 0.4) is 0 Å². The number of ether oxygens (including phenoxy) is 2. The van der Waals surface area contributed by atoms with E-state index < -0.39 is 19.7 Å². The predicted octanol–water partition coefficient (Wildman–Crippen LogP) is 6.51. The number of hydrogen-bond donors (Lipinski definition) is 0. The summed E-state index contributed by atoms with van der Waals surface area (Å²) < 4.78 is 62.8. The molecule has 0 bridgehead atoms. The molecule has 0 aliphatic rings. The summed E-state index contributed by atoms with van der Waals surface area (Å²) in [4.78, 5) is 0.901. The maximum Gasteiger partial charge on any atom is 0.206 e. The number of hydrogen-bond acceptors (Lipinski definition) is 6. The molecule has 0 aliphatic carbocycles. The van der Waals surface area contributed by atoms with Crippen LogP contribution in [0.25, 0.3) is 0 Å². The molecular weight excluding hydrogens is 544 g/mol.